The summed E-state index contributed by atoms with van der Waals surface area (Å²) in [5.41, 5.74) is 2.96. The fraction of sp³-hybridized carbons (Fsp3) is 0.188. The molecule has 0 saturated heterocycles. The number of aromatic carboxylic acids is 1. The third-order valence-electron chi connectivity index (χ3n) is 3.81. The van der Waals surface area contributed by atoms with Gasteiger partial charge in [-0.2, -0.15) is 9.78 Å². The van der Waals surface area contributed by atoms with E-state index in [0.29, 0.717) is 17.0 Å². The maximum Gasteiger partial charge on any atom is 0.340 e. The first-order chi connectivity index (χ1) is 10.4. The van der Waals surface area contributed by atoms with E-state index in [1.54, 1.807) is 19.1 Å². The number of fused-ring (bicyclic) bond motifs is 1. The summed E-state index contributed by atoms with van der Waals surface area (Å²) in [6.45, 7) is 5.43. The van der Waals surface area contributed by atoms with Gasteiger partial charge in [0.25, 0.3) is 0 Å². The fourth-order valence-electron chi connectivity index (χ4n) is 2.46. The molecule has 0 spiro atoms. The zero-order valence-corrected chi connectivity index (χ0v) is 12.4. The maximum absolute atomic E-state index is 11.9. The normalized spacial score (nSPS) is 11.0. The third kappa shape index (κ3) is 2.00. The predicted octanol–water partition coefficient (Wildman–Crippen LogP) is 2.60. The summed E-state index contributed by atoms with van der Waals surface area (Å²) < 4.78 is 6.90. The molecule has 0 amide bonds. The first kappa shape index (κ1) is 14.1. The average molecular weight is 298 g/mol. The van der Waals surface area contributed by atoms with Crippen LogP contribution in [0.2, 0.25) is 0 Å². The van der Waals surface area contributed by atoms with Crippen molar-refractivity contribution >= 4 is 17.1 Å². The maximum atomic E-state index is 11.9. The molecule has 0 radical (unpaired) electrons. The summed E-state index contributed by atoms with van der Waals surface area (Å²) in [6.07, 6.45) is 0. The van der Waals surface area contributed by atoms with Crippen LogP contribution in [0.5, 0.6) is 0 Å². The minimum Gasteiger partial charge on any atom is -0.478 e. The summed E-state index contributed by atoms with van der Waals surface area (Å²) in [6, 6.07) is 6.23. The molecule has 0 aliphatic rings. The molecule has 0 unspecified atom stereocenters. The van der Waals surface area contributed by atoms with Crippen LogP contribution in [0.15, 0.2) is 33.5 Å². The van der Waals surface area contributed by atoms with Gasteiger partial charge in [-0.05, 0) is 50.6 Å². The Hall–Kier alpha value is -2.89. The highest BCUT2D eigenvalue weighted by Crippen LogP contribution is 2.25. The van der Waals surface area contributed by atoms with Crippen LogP contribution >= 0.6 is 0 Å². The number of rotatable bonds is 2. The zero-order valence-electron chi connectivity index (χ0n) is 12.4. The van der Waals surface area contributed by atoms with Gasteiger partial charge in [-0.25, -0.2) is 9.59 Å². The lowest BCUT2D eigenvalue weighted by molar-refractivity contribution is 0.0697. The molecule has 0 bridgehead atoms. The Morgan fingerprint density at radius 2 is 1.77 bits per heavy atom. The van der Waals surface area contributed by atoms with Crippen molar-refractivity contribution < 1.29 is 14.3 Å². The van der Waals surface area contributed by atoms with Gasteiger partial charge in [0.15, 0.2) is 0 Å². The Balaban J connectivity index is 2.28. The molecule has 2 aromatic heterocycles. The minimum absolute atomic E-state index is 0.186. The van der Waals surface area contributed by atoms with E-state index in [4.69, 9.17) is 9.52 Å². The van der Waals surface area contributed by atoms with Crippen molar-refractivity contribution in [1.29, 1.82) is 0 Å². The van der Waals surface area contributed by atoms with Crippen LogP contribution < -0.4 is 5.63 Å². The van der Waals surface area contributed by atoms with Crippen LogP contribution in [0.25, 0.3) is 16.8 Å². The SMILES string of the molecule is Cc1c(C)c2c(C)nn(-c3ccc(C(=O)O)cc3)c2oc1=O. The van der Waals surface area contributed by atoms with Crippen molar-refractivity contribution in [2.24, 2.45) is 0 Å². The van der Waals surface area contributed by atoms with Gasteiger partial charge in [0.05, 0.1) is 22.3 Å². The number of hydrogen-bond donors (Lipinski definition) is 1. The van der Waals surface area contributed by atoms with E-state index in [1.807, 2.05) is 13.8 Å². The van der Waals surface area contributed by atoms with Crippen LogP contribution in [0, 0.1) is 20.8 Å². The smallest absolute Gasteiger partial charge is 0.340 e. The number of aromatic nitrogens is 2. The zero-order chi connectivity index (χ0) is 16.0. The first-order valence-electron chi connectivity index (χ1n) is 6.73. The Kier molecular flexibility index (Phi) is 3.09. The molecule has 22 heavy (non-hydrogen) atoms. The number of carboxylic acid groups (broad SMARTS) is 1. The minimum atomic E-state index is -0.994. The predicted molar refractivity (Wildman–Crippen MR) is 80.8 cm³/mol. The molecule has 2 heterocycles. The van der Waals surface area contributed by atoms with E-state index in [2.05, 4.69) is 5.10 Å². The van der Waals surface area contributed by atoms with E-state index in [0.717, 1.165) is 16.6 Å². The van der Waals surface area contributed by atoms with Crippen LogP contribution in [-0.2, 0) is 0 Å². The molecule has 0 aliphatic heterocycles. The Morgan fingerprint density at radius 1 is 1.14 bits per heavy atom. The second-order valence-corrected chi connectivity index (χ2v) is 5.17. The quantitative estimate of drug-likeness (QED) is 0.786. The summed E-state index contributed by atoms with van der Waals surface area (Å²) in [4.78, 5) is 22.8. The molecule has 0 fully saturated rings. The van der Waals surface area contributed by atoms with E-state index < -0.39 is 11.6 Å². The highest BCUT2D eigenvalue weighted by molar-refractivity contribution is 5.88. The number of carbonyl (C=O) groups is 1. The second kappa shape index (κ2) is 4.84. The van der Waals surface area contributed by atoms with E-state index >= 15 is 0 Å². The van der Waals surface area contributed by atoms with Gasteiger partial charge in [-0.1, -0.05) is 0 Å². The first-order valence-corrected chi connectivity index (χ1v) is 6.73. The van der Waals surface area contributed by atoms with Crippen LogP contribution in [0.1, 0.15) is 27.2 Å². The highest BCUT2D eigenvalue weighted by atomic mass is 16.4. The summed E-state index contributed by atoms with van der Waals surface area (Å²) in [5.74, 6) is -0.994. The van der Waals surface area contributed by atoms with Crippen molar-refractivity contribution in [1.82, 2.24) is 9.78 Å². The molecule has 3 rings (SSSR count). The van der Waals surface area contributed by atoms with Crippen LogP contribution in [0.4, 0.5) is 0 Å². The fourth-order valence-corrected chi connectivity index (χ4v) is 2.46. The van der Waals surface area contributed by atoms with Gasteiger partial charge >= 0.3 is 11.6 Å². The molecular formula is C16H14N2O4. The van der Waals surface area contributed by atoms with Gasteiger partial charge in [-0.3, -0.25) is 0 Å². The lowest BCUT2D eigenvalue weighted by Crippen LogP contribution is -2.07. The average Bonchev–Trinajstić information content (AvgIpc) is 2.81. The van der Waals surface area contributed by atoms with E-state index in [-0.39, 0.29) is 5.56 Å². The molecule has 0 aliphatic carbocycles. The summed E-state index contributed by atoms with van der Waals surface area (Å²) in [5, 5.41) is 14.2. The van der Waals surface area contributed by atoms with Gasteiger partial charge in [0.1, 0.15) is 0 Å². The monoisotopic (exact) mass is 298 g/mol. The molecular weight excluding hydrogens is 284 g/mol. The van der Waals surface area contributed by atoms with Gasteiger partial charge in [-0.15, -0.1) is 0 Å². The molecule has 1 aromatic carbocycles. The van der Waals surface area contributed by atoms with Crippen molar-refractivity contribution in [2.75, 3.05) is 0 Å². The standard InChI is InChI=1S/C16H14N2O4/c1-8-9(2)16(21)22-14-13(8)10(3)17-18(14)12-6-4-11(5-7-12)15(19)20/h4-7H,1-3H3,(H,19,20). The van der Waals surface area contributed by atoms with Gasteiger partial charge < -0.3 is 9.52 Å². The molecule has 0 saturated carbocycles. The molecule has 6 heteroatoms. The van der Waals surface area contributed by atoms with E-state index in [1.165, 1.54) is 16.8 Å². The van der Waals surface area contributed by atoms with E-state index in [9.17, 15) is 9.59 Å². The number of hydrogen-bond acceptors (Lipinski definition) is 4. The number of aryl methyl sites for hydroxylation is 2. The Labute approximate surface area is 125 Å². The van der Waals surface area contributed by atoms with Gasteiger partial charge in [0.2, 0.25) is 5.71 Å². The summed E-state index contributed by atoms with van der Waals surface area (Å²) >= 11 is 0. The number of benzene rings is 1. The largest absolute Gasteiger partial charge is 0.478 e. The highest BCUT2D eigenvalue weighted by Gasteiger charge is 2.17. The third-order valence-corrected chi connectivity index (χ3v) is 3.81. The topological polar surface area (TPSA) is 85.3 Å². The Morgan fingerprint density at radius 3 is 2.36 bits per heavy atom. The molecule has 3 aromatic rings. The second-order valence-electron chi connectivity index (χ2n) is 5.17. The van der Waals surface area contributed by atoms with Crippen molar-refractivity contribution in [3.63, 3.8) is 0 Å². The van der Waals surface area contributed by atoms with Crippen molar-refractivity contribution in [2.45, 2.75) is 20.8 Å². The lowest BCUT2D eigenvalue weighted by atomic mass is 10.1. The Bertz CT molecular complexity index is 949. The van der Waals surface area contributed by atoms with Crippen LogP contribution in [-0.4, -0.2) is 20.9 Å². The molecule has 6 nitrogen and oxygen atoms in total. The molecule has 112 valence electrons. The van der Waals surface area contributed by atoms with Crippen molar-refractivity contribution in [3.05, 3.63) is 57.1 Å². The number of nitrogens with zero attached hydrogens (tertiary/aromatic N) is 2. The van der Waals surface area contributed by atoms with Gasteiger partial charge in [0, 0.05) is 5.56 Å². The van der Waals surface area contributed by atoms with Crippen LogP contribution in [0.3, 0.4) is 0 Å². The van der Waals surface area contributed by atoms with Crippen molar-refractivity contribution in [3.8, 4) is 5.69 Å². The molecule has 1 N–H and O–H groups in total. The summed E-state index contributed by atoms with van der Waals surface area (Å²) in [7, 11) is 0. The lowest BCUT2D eigenvalue weighted by Gasteiger charge is -2.04. The molecule has 0 atom stereocenters. The number of carboxylic acids is 1.